The van der Waals surface area contributed by atoms with E-state index in [0.717, 1.165) is 5.56 Å². The second-order valence-electron chi connectivity index (χ2n) is 4.12. The molecule has 0 spiro atoms. The number of rotatable bonds is 3. The van der Waals surface area contributed by atoms with Crippen LogP contribution in [-0.4, -0.2) is 19.9 Å². The standard InChI is InChI=1S/C11H9ClN2O.C4H2Cl2N2/c12-10-6-13-7-11(14-10)15-8-9-4-2-1-3-5-9;5-3-1-7-2-4(6)8-3/h1-7H,8H2;1-2H. The van der Waals surface area contributed by atoms with Crippen molar-refractivity contribution in [3.05, 3.63) is 76.1 Å². The maximum atomic E-state index is 5.67. The Labute approximate surface area is 148 Å². The molecule has 0 saturated heterocycles. The van der Waals surface area contributed by atoms with Crippen molar-refractivity contribution < 1.29 is 4.74 Å². The van der Waals surface area contributed by atoms with Crippen molar-refractivity contribution in [1.82, 2.24) is 19.9 Å². The summed E-state index contributed by atoms with van der Waals surface area (Å²) in [6.07, 6.45) is 5.85. The van der Waals surface area contributed by atoms with Gasteiger partial charge in [-0.05, 0) is 5.56 Å². The smallest absolute Gasteiger partial charge is 0.234 e. The SMILES string of the molecule is Clc1cncc(Cl)n1.Clc1cncc(OCc2ccccc2)n1. The monoisotopic (exact) mass is 368 g/mol. The Balaban J connectivity index is 0.000000203. The highest BCUT2D eigenvalue weighted by molar-refractivity contribution is 6.32. The Bertz CT molecular complexity index is 726. The first-order valence-corrected chi connectivity index (χ1v) is 7.54. The van der Waals surface area contributed by atoms with Crippen LogP contribution in [0.5, 0.6) is 5.88 Å². The molecule has 0 radical (unpaired) electrons. The van der Waals surface area contributed by atoms with Gasteiger partial charge in [-0.1, -0.05) is 65.1 Å². The van der Waals surface area contributed by atoms with Crippen molar-refractivity contribution in [2.24, 2.45) is 0 Å². The molecule has 0 atom stereocenters. The van der Waals surface area contributed by atoms with Crippen LogP contribution in [0.2, 0.25) is 15.5 Å². The van der Waals surface area contributed by atoms with Crippen LogP contribution >= 0.6 is 34.8 Å². The lowest BCUT2D eigenvalue weighted by molar-refractivity contribution is 0.292. The molecule has 0 unspecified atom stereocenters. The zero-order valence-electron chi connectivity index (χ0n) is 11.7. The van der Waals surface area contributed by atoms with Gasteiger partial charge in [0, 0.05) is 0 Å². The Morgan fingerprint density at radius 1 is 0.739 bits per heavy atom. The van der Waals surface area contributed by atoms with Crippen LogP contribution in [0, 0.1) is 0 Å². The van der Waals surface area contributed by atoms with Crippen LogP contribution in [0.4, 0.5) is 0 Å². The minimum absolute atomic E-state index is 0.317. The Kier molecular flexibility index (Phi) is 7.00. The largest absolute Gasteiger partial charge is 0.472 e. The number of hydrogen-bond donors (Lipinski definition) is 0. The van der Waals surface area contributed by atoms with E-state index in [-0.39, 0.29) is 0 Å². The highest BCUT2D eigenvalue weighted by atomic mass is 35.5. The normalized spacial score (nSPS) is 9.70. The molecule has 0 fully saturated rings. The molecule has 8 heteroatoms. The van der Waals surface area contributed by atoms with Gasteiger partial charge in [0.25, 0.3) is 0 Å². The van der Waals surface area contributed by atoms with Crippen molar-refractivity contribution in [2.45, 2.75) is 6.61 Å². The zero-order chi connectivity index (χ0) is 16.5. The molecule has 1 aromatic carbocycles. The van der Waals surface area contributed by atoms with Crippen LogP contribution in [-0.2, 0) is 6.61 Å². The average Bonchev–Trinajstić information content (AvgIpc) is 2.54. The minimum Gasteiger partial charge on any atom is -0.472 e. The summed E-state index contributed by atoms with van der Waals surface area (Å²) in [5.41, 5.74) is 1.08. The zero-order valence-corrected chi connectivity index (χ0v) is 14.0. The van der Waals surface area contributed by atoms with Gasteiger partial charge in [-0.15, -0.1) is 0 Å². The first-order chi connectivity index (χ1) is 11.1. The Morgan fingerprint density at radius 3 is 1.83 bits per heavy atom. The molecule has 2 heterocycles. The van der Waals surface area contributed by atoms with Gasteiger partial charge in [-0.3, -0.25) is 9.97 Å². The average molecular weight is 370 g/mol. The number of hydrogen-bond acceptors (Lipinski definition) is 5. The molecule has 3 aromatic rings. The van der Waals surface area contributed by atoms with E-state index in [1.807, 2.05) is 30.3 Å². The fourth-order valence-corrected chi connectivity index (χ4v) is 1.92. The van der Waals surface area contributed by atoms with Crippen LogP contribution < -0.4 is 4.74 Å². The molecule has 5 nitrogen and oxygen atoms in total. The van der Waals surface area contributed by atoms with E-state index in [4.69, 9.17) is 39.5 Å². The summed E-state index contributed by atoms with van der Waals surface area (Å²) in [6, 6.07) is 9.85. The van der Waals surface area contributed by atoms with E-state index in [0.29, 0.717) is 27.9 Å². The van der Waals surface area contributed by atoms with Gasteiger partial charge >= 0.3 is 0 Å². The lowest BCUT2D eigenvalue weighted by atomic mass is 10.2. The van der Waals surface area contributed by atoms with Gasteiger partial charge in [0.05, 0.1) is 24.8 Å². The first-order valence-electron chi connectivity index (χ1n) is 6.41. The minimum atomic E-state index is 0.317. The Morgan fingerprint density at radius 2 is 1.30 bits per heavy atom. The molecule has 3 rings (SSSR count). The third-order valence-corrected chi connectivity index (χ3v) is 2.93. The molecule has 0 bridgehead atoms. The lowest BCUT2D eigenvalue weighted by Crippen LogP contribution is -1.97. The highest BCUT2D eigenvalue weighted by Gasteiger charge is 1.98. The third-order valence-electron chi connectivity index (χ3n) is 2.39. The van der Waals surface area contributed by atoms with E-state index in [1.165, 1.54) is 24.8 Å². The highest BCUT2D eigenvalue weighted by Crippen LogP contribution is 2.11. The molecule has 2 aromatic heterocycles. The summed E-state index contributed by atoms with van der Waals surface area (Å²) in [4.78, 5) is 15.1. The van der Waals surface area contributed by atoms with Crippen LogP contribution in [0.25, 0.3) is 0 Å². The topological polar surface area (TPSA) is 60.8 Å². The molecule has 0 aliphatic carbocycles. The van der Waals surface area contributed by atoms with Crippen LogP contribution in [0.3, 0.4) is 0 Å². The van der Waals surface area contributed by atoms with Crippen LogP contribution in [0.1, 0.15) is 5.56 Å². The fourth-order valence-electron chi connectivity index (χ4n) is 1.45. The van der Waals surface area contributed by atoms with E-state index in [1.54, 1.807) is 0 Å². The van der Waals surface area contributed by atoms with Crippen molar-refractivity contribution >= 4 is 34.8 Å². The second-order valence-corrected chi connectivity index (χ2v) is 5.28. The van der Waals surface area contributed by atoms with Gasteiger partial charge in [0.1, 0.15) is 16.9 Å². The molecule has 118 valence electrons. The first kappa shape index (κ1) is 17.4. The number of benzene rings is 1. The van der Waals surface area contributed by atoms with Crippen molar-refractivity contribution in [3.63, 3.8) is 0 Å². The predicted octanol–water partition coefficient (Wildman–Crippen LogP) is 4.49. The molecule has 0 aliphatic heterocycles. The summed E-state index contributed by atoms with van der Waals surface area (Å²) in [5.74, 6) is 0.436. The van der Waals surface area contributed by atoms with E-state index < -0.39 is 0 Å². The van der Waals surface area contributed by atoms with Gasteiger partial charge in [-0.25, -0.2) is 4.98 Å². The van der Waals surface area contributed by atoms with E-state index >= 15 is 0 Å². The quantitative estimate of drug-likeness (QED) is 0.680. The summed E-state index contributed by atoms with van der Waals surface area (Å²) < 4.78 is 5.41. The summed E-state index contributed by atoms with van der Waals surface area (Å²) in [5, 5.41) is 0.968. The summed E-state index contributed by atoms with van der Waals surface area (Å²) in [6.45, 7) is 0.468. The Hall–Kier alpha value is -1.95. The van der Waals surface area contributed by atoms with Gasteiger partial charge in [0.2, 0.25) is 5.88 Å². The predicted molar refractivity (Wildman–Crippen MR) is 89.9 cm³/mol. The van der Waals surface area contributed by atoms with E-state index in [9.17, 15) is 0 Å². The van der Waals surface area contributed by atoms with Gasteiger partial charge in [0.15, 0.2) is 5.15 Å². The fraction of sp³-hybridized carbons (Fsp3) is 0.0667. The molecule has 0 saturated carbocycles. The summed E-state index contributed by atoms with van der Waals surface area (Å²) in [7, 11) is 0. The van der Waals surface area contributed by atoms with Gasteiger partial charge in [-0.2, -0.15) is 4.98 Å². The molecular weight excluding hydrogens is 359 g/mol. The summed E-state index contributed by atoms with van der Waals surface area (Å²) >= 11 is 16.4. The van der Waals surface area contributed by atoms with Crippen molar-refractivity contribution in [3.8, 4) is 5.88 Å². The van der Waals surface area contributed by atoms with E-state index in [2.05, 4.69) is 19.9 Å². The molecule has 0 aliphatic rings. The molecule has 23 heavy (non-hydrogen) atoms. The molecular formula is C15H11Cl3N4O. The number of halogens is 3. The molecule has 0 N–H and O–H groups in total. The van der Waals surface area contributed by atoms with Crippen LogP contribution in [0.15, 0.2) is 55.1 Å². The third kappa shape index (κ3) is 6.78. The maximum Gasteiger partial charge on any atom is 0.234 e. The van der Waals surface area contributed by atoms with Crippen molar-refractivity contribution in [1.29, 1.82) is 0 Å². The molecule has 0 amide bonds. The second kappa shape index (κ2) is 9.25. The maximum absolute atomic E-state index is 5.67. The number of ether oxygens (including phenoxy) is 1. The lowest BCUT2D eigenvalue weighted by Gasteiger charge is -2.04. The van der Waals surface area contributed by atoms with Gasteiger partial charge < -0.3 is 4.74 Å². The number of aromatic nitrogens is 4. The van der Waals surface area contributed by atoms with Crippen molar-refractivity contribution in [2.75, 3.05) is 0 Å². The number of nitrogens with zero attached hydrogens (tertiary/aromatic N) is 4.